The number of nitrogens with one attached hydrogen (secondary N) is 1. The number of benzene rings is 1. The predicted octanol–water partition coefficient (Wildman–Crippen LogP) is 1.21. The number of aryl methyl sites for hydroxylation is 1. The van der Waals surface area contributed by atoms with Crippen LogP contribution in [0.3, 0.4) is 0 Å². The molecule has 1 aromatic heterocycles. The fourth-order valence-electron chi connectivity index (χ4n) is 2.63. The van der Waals surface area contributed by atoms with Gasteiger partial charge >= 0.3 is 12.2 Å². The van der Waals surface area contributed by atoms with E-state index >= 15 is 0 Å². The monoisotopic (exact) mass is 383 g/mol. The number of hydrogen-bond donors (Lipinski definition) is 1. The van der Waals surface area contributed by atoms with Gasteiger partial charge < -0.3 is 15.1 Å². The third kappa shape index (κ3) is 4.51. The lowest BCUT2D eigenvalue weighted by atomic mass is 10.2. The van der Waals surface area contributed by atoms with Crippen molar-refractivity contribution in [2.75, 3.05) is 31.5 Å². The van der Waals surface area contributed by atoms with E-state index in [2.05, 4.69) is 20.8 Å². The van der Waals surface area contributed by atoms with Gasteiger partial charge in [0.25, 0.3) is 0 Å². The Morgan fingerprint density at radius 1 is 1.30 bits per heavy atom. The van der Waals surface area contributed by atoms with Crippen LogP contribution in [0.2, 0.25) is 0 Å². The highest BCUT2D eigenvalue weighted by Gasteiger charge is 2.36. The Bertz CT molecular complexity index is 838. The number of alkyl halides is 3. The maximum atomic E-state index is 12.5. The molecule has 0 radical (unpaired) electrons. The number of nitrogens with zero attached hydrogens (tertiary/aromatic N) is 6. The zero-order valence-corrected chi connectivity index (χ0v) is 14.3. The Morgan fingerprint density at radius 3 is 2.70 bits per heavy atom. The molecule has 3 amide bonds. The smallest absolute Gasteiger partial charge is 0.330 e. The van der Waals surface area contributed by atoms with Gasteiger partial charge in [-0.25, -0.2) is 9.48 Å². The maximum Gasteiger partial charge on any atom is 0.406 e. The molecule has 0 atom stereocenters. The standard InChI is InChI=1S/C15H16F3N7O2/c1-10-2-3-11(25-9-19-21-22-25)6-12(10)20-14(27)23-4-5-24(13(26)7-23)8-15(16,17)18/h2-3,6,9H,4-5,7-8H2,1H3,(H,20,27). The summed E-state index contributed by atoms with van der Waals surface area (Å²) >= 11 is 0. The third-order valence-electron chi connectivity index (χ3n) is 4.05. The molecule has 1 fully saturated rings. The number of tetrazole rings is 1. The van der Waals surface area contributed by atoms with Gasteiger partial charge in [0.05, 0.1) is 5.69 Å². The SMILES string of the molecule is Cc1ccc(-n2cnnn2)cc1NC(=O)N1CCN(CC(F)(F)F)C(=O)C1. The van der Waals surface area contributed by atoms with Crippen LogP contribution in [-0.4, -0.2) is 74.3 Å². The second-order valence-electron chi connectivity index (χ2n) is 6.04. The summed E-state index contributed by atoms with van der Waals surface area (Å²) in [6, 6.07) is 4.62. The van der Waals surface area contributed by atoms with Crippen LogP contribution in [0.5, 0.6) is 0 Å². The van der Waals surface area contributed by atoms with E-state index in [1.54, 1.807) is 25.1 Å². The number of piperazine rings is 1. The van der Waals surface area contributed by atoms with E-state index in [1.807, 2.05) is 0 Å². The molecule has 0 saturated carbocycles. The lowest BCUT2D eigenvalue weighted by Gasteiger charge is -2.34. The predicted molar refractivity (Wildman–Crippen MR) is 87.1 cm³/mol. The van der Waals surface area contributed by atoms with Crippen molar-refractivity contribution in [3.63, 3.8) is 0 Å². The molecule has 144 valence electrons. The lowest BCUT2D eigenvalue weighted by Crippen LogP contribution is -2.55. The molecule has 1 aromatic carbocycles. The molecule has 1 saturated heterocycles. The summed E-state index contributed by atoms with van der Waals surface area (Å²) in [6.45, 7) is -0.0950. The van der Waals surface area contributed by atoms with Crippen LogP contribution in [0.1, 0.15) is 5.56 Å². The van der Waals surface area contributed by atoms with E-state index in [4.69, 9.17) is 0 Å². The average molecular weight is 383 g/mol. The van der Waals surface area contributed by atoms with Crippen molar-refractivity contribution in [2.45, 2.75) is 13.1 Å². The summed E-state index contributed by atoms with van der Waals surface area (Å²) in [6.07, 6.45) is -3.07. The van der Waals surface area contributed by atoms with E-state index in [-0.39, 0.29) is 13.1 Å². The summed E-state index contributed by atoms with van der Waals surface area (Å²) in [5.74, 6) is -0.743. The van der Waals surface area contributed by atoms with Crippen molar-refractivity contribution in [1.29, 1.82) is 0 Å². The van der Waals surface area contributed by atoms with E-state index in [0.717, 1.165) is 5.56 Å². The van der Waals surface area contributed by atoms with Gasteiger partial charge in [0.1, 0.15) is 19.4 Å². The lowest BCUT2D eigenvalue weighted by molar-refractivity contribution is -0.164. The molecule has 3 rings (SSSR count). The van der Waals surface area contributed by atoms with E-state index in [9.17, 15) is 22.8 Å². The van der Waals surface area contributed by atoms with Crippen LogP contribution < -0.4 is 5.32 Å². The van der Waals surface area contributed by atoms with Crippen molar-refractivity contribution in [3.8, 4) is 5.69 Å². The molecule has 9 nitrogen and oxygen atoms in total. The normalized spacial score (nSPS) is 15.2. The summed E-state index contributed by atoms with van der Waals surface area (Å²) in [4.78, 5) is 26.2. The largest absolute Gasteiger partial charge is 0.406 e. The van der Waals surface area contributed by atoms with Crippen LogP contribution in [0.4, 0.5) is 23.7 Å². The van der Waals surface area contributed by atoms with Crippen LogP contribution in [0.15, 0.2) is 24.5 Å². The molecule has 2 heterocycles. The molecule has 0 spiro atoms. The number of carbonyl (C=O) groups excluding carboxylic acids is 2. The summed E-state index contributed by atoms with van der Waals surface area (Å²) in [5.41, 5.74) is 1.87. The number of anilines is 1. The van der Waals surface area contributed by atoms with Gasteiger partial charge in [-0.15, -0.1) is 5.10 Å². The van der Waals surface area contributed by atoms with Crippen molar-refractivity contribution in [1.82, 2.24) is 30.0 Å². The van der Waals surface area contributed by atoms with Gasteiger partial charge in [-0.1, -0.05) is 6.07 Å². The summed E-state index contributed by atoms with van der Waals surface area (Å²) < 4.78 is 38.8. The number of hydrogen-bond acceptors (Lipinski definition) is 5. The fourth-order valence-corrected chi connectivity index (χ4v) is 2.63. The highest BCUT2D eigenvalue weighted by molar-refractivity contribution is 5.93. The summed E-state index contributed by atoms with van der Waals surface area (Å²) in [7, 11) is 0. The van der Waals surface area contributed by atoms with Crippen molar-refractivity contribution in [2.24, 2.45) is 0 Å². The minimum atomic E-state index is -4.46. The van der Waals surface area contributed by atoms with Gasteiger partial charge in [0.2, 0.25) is 5.91 Å². The number of halogens is 3. The number of urea groups is 1. The number of aromatic nitrogens is 4. The quantitative estimate of drug-likeness (QED) is 0.860. The zero-order chi connectivity index (χ0) is 19.6. The van der Waals surface area contributed by atoms with Gasteiger partial charge in [0, 0.05) is 18.8 Å². The first-order chi connectivity index (χ1) is 12.7. The molecule has 0 unspecified atom stereocenters. The van der Waals surface area contributed by atoms with E-state index < -0.39 is 31.2 Å². The Morgan fingerprint density at radius 2 is 2.07 bits per heavy atom. The molecule has 0 bridgehead atoms. The first-order valence-corrected chi connectivity index (χ1v) is 7.97. The van der Waals surface area contributed by atoms with Crippen LogP contribution in [-0.2, 0) is 4.79 Å². The van der Waals surface area contributed by atoms with E-state index in [0.29, 0.717) is 16.3 Å². The zero-order valence-electron chi connectivity index (χ0n) is 14.3. The highest BCUT2D eigenvalue weighted by Crippen LogP contribution is 2.21. The Hall–Kier alpha value is -3.18. The van der Waals surface area contributed by atoms with Crippen LogP contribution in [0, 0.1) is 6.92 Å². The molecule has 2 aromatic rings. The second-order valence-corrected chi connectivity index (χ2v) is 6.04. The molecule has 0 aliphatic carbocycles. The van der Waals surface area contributed by atoms with Gasteiger partial charge in [-0.05, 0) is 35.0 Å². The molecule has 27 heavy (non-hydrogen) atoms. The number of amides is 3. The highest BCUT2D eigenvalue weighted by atomic mass is 19.4. The summed E-state index contributed by atoms with van der Waals surface area (Å²) in [5, 5.41) is 13.5. The molecular formula is C15H16F3N7O2. The second kappa shape index (κ2) is 7.21. The molecule has 1 aliphatic rings. The first kappa shape index (κ1) is 18.6. The van der Waals surface area contributed by atoms with Gasteiger partial charge in [0.15, 0.2) is 0 Å². The van der Waals surface area contributed by atoms with Crippen molar-refractivity contribution >= 4 is 17.6 Å². The third-order valence-corrected chi connectivity index (χ3v) is 4.05. The first-order valence-electron chi connectivity index (χ1n) is 7.97. The maximum absolute atomic E-state index is 12.5. The van der Waals surface area contributed by atoms with Crippen molar-refractivity contribution < 1.29 is 22.8 Å². The Balaban J connectivity index is 1.66. The van der Waals surface area contributed by atoms with Gasteiger partial charge in [-0.3, -0.25) is 4.79 Å². The molecule has 1 N–H and O–H groups in total. The van der Waals surface area contributed by atoms with Gasteiger partial charge in [-0.2, -0.15) is 13.2 Å². The van der Waals surface area contributed by atoms with Crippen LogP contribution >= 0.6 is 0 Å². The minimum Gasteiger partial charge on any atom is -0.330 e. The Kier molecular flexibility index (Phi) is 4.97. The average Bonchev–Trinajstić information content (AvgIpc) is 3.12. The van der Waals surface area contributed by atoms with Crippen molar-refractivity contribution in [3.05, 3.63) is 30.1 Å². The number of carbonyl (C=O) groups is 2. The van der Waals surface area contributed by atoms with E-state index in [1.165, 1.54) is 15.9 Å². The van der Waals surface area contributed by atoms with Crippen LogP contribution in [0.25, 0.3) is 5.69 Å². The molecule has 1 aliphatic heterocycles. The Labute approximate surface area is 151 Å². The fraction of sp³-hybridized carbons (Fsp3) is 0.400. The molecular weight excluding hydrogens is 367 g/mol. The molecule has 12 heteroatoms. The number of rotatable bonds is 3. The minimum absolute atomic E-state index is 0.0133. The topological polar surface area (TPSA) is 96.2 Å².